The van der Waals surface area contributed by atoms with Gasteiger partial charge in [0.1, 0.15) is 5.69 Å². The van der Waals surface area contributed by atoms with Gasteiger partial charge in [0.2, 0.25) is 0 Å². The molecule has 3 rings (SSSR count). The minimum atomic E-state index is -0.385. The minimum Gasteiger partial charge on any atom is -0.318 e. The van der Waals surface area contributed by atoms with Gasteiger partial charge in [-0.15, -0.1) is 0 Å². The first-order valence-corrected chi connectivity index (χ1v) is 8.91. The molecule has 0 unspecified atom stereocenters. The molecule has 0 saturated heterocycles. The Morgan fingerprint density at radius 1 is 0.929 bits per heavy atom. The molecule has 148 valence electrons. The highest BCUT2D eigenvalue weighted by Crippen LogP contribution is 2.21. The van der Waals surface area contributed by atoms with Gasteiger partial charge in [-0.05, 0) is 27.7 Å². The van der Waals surface area contributed by atoms with Crippen LogP contribution >= 0.6 is 0 Å². The van der Waals surface area contributed by atoms with E-state index in [-0.39, 0.29) is 17.5 Å². The van der Waals surface area contributed by atoms with Crippen LogP contribution in [0.2, 0.25) is 0 Å². The smallest absolute Gasteiger partial charge is 0.276 e. The second-order valence-corrected chi connectivity index (χ2v) is 6.57. The van der Waals surface area contributed by atoms with Crippen LogP contribution < -0.4 is 10.6 Å². The second-order valence-electron chi connectivity index (χ2n) is 6.57. The summed E-state index contributed by atoms with van der Waals surface area (Å²) in [5.74, 6) is -0.710. The fourth-order valence-corrected chi connectivity index (χ4v) is 3.12. The van der Waals surface area contributed by atoms with Crippen LogP contribution in [0.15, 0.2) is 12.4 Å². The highest BCUT2D eigenvalue weighted by molar-refractivity contribution is 6.12. The van der Waals surface area contributed by atoms with Crippen LogP contribution in [-0.2, 0) is 20.6 Å². The summed E-state index contributed by atoms with van der Waals surface area (Å²) in [7, 11) is 3.44. The van der Waals surface area contributed by atoms with Crippen LogP contribution in [-0.4, -0.2) is 41.2 Å². The molecule has 3 aromatic heterocycles. The molecule has 0 spiro atoms. The zero-order chi connectivity index (χ0) is 20.6. The molecule has 0 aliphatic rings. The molecule has 0 fully saturated rings. The van der Waals surface area contributed by atoms with Crippen molar-refractivity contribution < 1.29 is 9.59 Å². The number of aryl methyl sites for hydroxylation is 4. The van der Waals surface area contributed by atoms with E-state index in [1.807, 2.05) is 20.8 Å². The molecule has 0 saturated carbocycles. The molecule has 2 N–H and O–H groups in total. The van der Waals surface area contributed by atoms with Gasteiger partial charge < -0.3 is 10.6 Å². The summed E-state index contributed by atoms with van der Waals surface area (Å²) in [5.41, 5.74) is 3.90. The average Bonchev–Trinajstić information content (AvgIpc) is 3.25. The van der Waals surface area contributed by atoms with Gasteiger partial charge in [0.05, 0.1) is 40.7 Å². The predicted molar refractivity (Wildman–Crippen MR) is 104 cm³/mol. The maximum atomic E-state index is 12.8. The van der Waals surface area contributed by atoms with E-state index in [4.69, 9.17) is 0 Å². The number of aromatic nitrogens is 6. The maximum absolute atomic E-state index is 12.8. The van der Waals surface area contributed by atoms with Crippen LogP contribution in [0.3, 0.4) is 0 Å². The number of anilines is 2. The Balaban J connectivity index is 1.87. The van der Waals surface area contributed by atoms with Gasteiger partial charge in [0.25, 0.3) is 11.8 Å². The van der Waals surface area contributed by atoms with Gasteiger partial charge in [-0.3, -0.25) is 23.6 Å². The van der Waals surface area contributed by atoms with Gasteiger partial charge in [0, 0.05) is 26.3 Å². The van der Waals surface area contributed by atoms with Crippen molar-refractivity contribution in [3.05, 3.63) is 40.7 Å². The molecule has 0 radical (unpaired) electrons. The molecule has 0 atom stereocenters. The Morgan fingerprint density at radius 2 is 1.54 bits per heavy atom. The minimum absolute atomic E-state index is 0.245. The molecule has 10 heteroatoms. The van der Waals surface area contributed by atoms with Crippen molar-refractivity contribution in [2.75, 3.05) is 10.6 Å². The zero-order valence-electron chi connectivity index (χ0n) is 16.9. The molecule has 0 aliphatic carbocycles. The average molecular weight is 384 g/mol. The largest absolute Gasteiger partial charge is 0.318 e. The number of nitrogens with one attached hydrogen (secondary N) is 2. The summed E-state index contributed by atoms with van der Waals surface area (Å²) in [6.07, 6.45) is 3.03. The van der Waals surface area contributed by atoms with E-state index < -0.39 is 0 Å². The first kappa shape index (κ1) is 19.3. The van der Waals surface area contributed by atoms with E-state index in [0.717, 1.165) is 11.4 Å². The Kier molecular flexibility index (Phi) is 5.04. The highest BCUT2D eigenvalue weighted by Gasteiger charge is 2.23. The predicted octanol–water partition coefficient (Wildman–Crippen LogP) is 1.80. The zero-order valence-corrected chi connectivity index (χ0v) is 16.9. The number of hydrogen-bond acceptors (Lipinski definition) is 5. The van der Waals surface area contributed by atoms with Crippen molar-refractivity contribution in [2.24, 2.45) is 14.1 Å². The molecule has 28 heavy (non-hydrogen) atoms. The van der Waals surface area contributed by atoms with Crippen LogP contribution in [0.4, 0.5) is 11.4 Å². The van der Waals surface area contributed by atoms with Gasteiger partial charge in [-0.25, -0.2) is 0 Å². The van der Waals surface area contributed by atoms with Gasteiger partial charge in [-0.1, -0.05) is 0 Å². The summed E-state index contributed by atoms with van der Waals surface area (Å²) < 4.78 is 4.86. The first-order chi connectivity index (χ1) is 13.2. The number of hydrogen-bond donors (Lipinski definition) is 2. The summed E-state index contributed by atoms with van der Waals surface area (Å²) in [5, 5.41) is 18.2. The van der Waals surface area contributed by atoms with Gasteiger partial charge in [-0.2, -0.15) is 15.3 Å². The molecule has 0 aromatic carbocycles. The Hall–Kier alpha value is -3.43. The van der Waals surface area contributed by atoms with Crippen molar-refractivity contribution >= 4 is 23.2 Å². The lowest BCUT2D eigenvalue weighted by molar-refractivity contribution is 0.101. The van der Waals surface area contributed by atoms with E-state index in [2.05, 4.69) is 25.9 Å². The quantitative estimate of drug-likeness (QED) is 0.697. The number of carbonyl (C=O) groups excluding carboxylic acids is 2. The monoisotopic (exact) mass is 384 g/mol. The highest BCUT2D eigenvalue weighted by atomic mass is 16.2. The lowest BCUT2D eigenvalue weighted by Crippen LogP contribution is -2.21. The van der Waals surface area contributed by atoms with Crippen LogP contribution in [0.1, 0.15) is 44.9 Å². The van der Waals surface area contributed by atoms with Crippen molar-refractivity contribution in [3.63, 3.8) is 0 Å². The van der Waals surface area contributed by atoms with Crippen molar-refractivity contribution in [1.82, 2.24) is 29.3 Å². The van der Waals surface area contributed by atoms with Crippen LogP contribution in [0.5, 0.6) is 0 Å². The van der Waals surface area contributed by atoms with E-state index in [0.29, 0.717) is 29.2 Å². The number of rotatable bonds is 5. The summed E-state index contributed by atoms with van der Waals surface area (Å²) in [6, 6.07) is 0. The first-order valence-electron chi connectivity index (χ1n) is 8.91. The van der Waals surface area contributed by atoms with Gasteiger partial charge >= 0.3 is 0 Å². The maximum Gasteiger partial charge on any atom is 0.276 e. The third-order valence-electron chi connectivity index (χ3n) is 4.79. The van der Waals surface area contributed by atoms with Crippen LogP contribution in [0.25, 0.3) is 0 Å². The summed E-state index contributed by atoms with van der Waals surface area (Å²) >= 11 is 0. The number of amides is 2. The molecule has 3 aromatic rings. The van der Waals surface area contributed by atoms with Crippen molar-refractivity contribution in [1.29, 1.82) is 0 Å². The second kappa shape index (κ2) is 7.29. The molecule has 0 aliphatic heterocycles. The Bertz CT molecular complexity index is 1060. The summed E-state index contributed by atoms with van der Waals surface area (Å²) in [6.45, 7) is 8.12. The molecular formula is C18H24N8O2. The topological polar surface area (TPSA) is 112 Å². The molecular weight excluding hydrogens is 360 g/mol. The number of nitrogens with zero attached hydrogens (tertiary/aromatic N) is 6. The third kappa shape index (κ3) is 3.28. The Labute approximate surface area is 162 Å². The van der Waals surface area contributed by atoms with E-state index in [9.17, 15) is 9.59 Å². The lowest BCUT2D eigenvalue weighted by atomic mass is 10.2. The normalized spacial score (nSPS) is 10.9. The fourth-order valence-electron chi connectivity index (χ4n) is 3.12. The standard InChI is InChI=1S/C18H24N8O2/c1-7-26-12(4)15(10(2)23-26)17(27)22-14-9-20-25(6)16(14)18(28)21-13-8-19-24(5)11(13)3/h8-9H,7H2,1-6H3,(H,21,28)(H,22,27). The fraction of sp³-hybridized carbons (Fsp3) is 0.389. The van der Waals surface area contributed by atoms with Crippen LogP contribution in [0, 0.1) is 20.8 Å². The van der Waals surface area contributed by atoms with E-state index in [1.165, 1.54) is 10.9 Å². The van der Waals surface area contributed by atoms with Crippen molar-refractivity contribution in [3.8, 4) is 0 Å². The van der Waals surface area contributed by atoms with Crippen molar-refractivity contribution in [2.45, 2.75) is 34.2 Å². The Morgan fingerprint density at radius 3 is 2.11 bits per heavy atom. The molecule has 3 heterocycles. The molecule has 10 nitrogen and oxygen atoms in total. The molecule has 2 amide bonds. The van der Waals surface area contributed by atoms with E-state index >= 15 is 0 Å². The summed E-state index contributed by atoms with van der Waals surface area (Å²) in [4.78, 5) is 25.6. The van der Waals surface area contributed by atoms with Gasteiger partial charge in [0.15, 0.2) is 0 Å². The SMILES string of the molecule is CCn1nc(C)c(C(=O)Nc2cnn(C)c2C(=O)Nc2cnn(C)c2C)c1C. The lowest BCUT2D eigenvalue weighted by Gasteiger charge is -2.09. The third-order valence-corrected chi connectivity index (χ3v) is 4.79. The molecule has 0 bridgehead atoms. The van der Waals surface area contributed by atoms with E-state index in [1.54, 1.807) is 36.6 Å². The number of carbonyl (C=O) groups is 2.